The van der Waals surface area contributed by atoms with E-state index in [1.165, 1.54) is 11.8 Å². The maximum atomic E-state index is 10.7. The van der Waals surface area contributed by atoms with Crippen molar-refractivity contribution < 1.29 is 15.0 Å². The number of aliphatic hydroxyl groups is 1. The van der Waals surface area contributed by atoms with Gasteiger partial charge in [0.2, 0.25) is 0 Å². The molecule has 5 heteroatoms. The summed E-state index contributed by atoms with van der Waals surface area (Å²) < 4.78 is -0.505. The molecule has 1 unspecified atom stereocenters. The Bertz CT molecular complexity index is 196. The molecule has 0 saturated carbocycles. The van der Waals surface area contributed by atoms with Gasteiger partial charge in [0.15, 0.2) is 0 Å². The summed E-state index contributed by atoms with van der Waals surface area (Å²) in [4.78, 5) is 10.7. The molecule has 0 aliphatic carbocycles. The predicted molar refractivity (Wildman–Crippen MR) is 58.4 cm³/mol. The summed E-state index contributed by atoms with van der Waals surface area (Å²) in [6.07, 6.45) is 0. The largest absolute Gasteiger partial charge is 0.480 e. The van der Waals surface area contributed by atoms with Crippen LogP contribution in [0.4, 0.5) is 0 Å². The average Bonchev–Trinajstić information content (AvgIpc) is 2.12. The highest BCUT2D eigenvalue weighted by molar-refractivity contribution is 8.00. The van der Waals surface area contributed by atoms with E-state index in [1.54, 1.807) is 13.8 Å². The van der Waals surface area contributed by atoms with E-state index in [0.717, 1.165) is 0 Å². The summed E-state index contributed by atoms with van der Waals surface area (Å²) >= 11 is 1.48. The molecule has 0 aromatic heterocycles. The lowest BCUT2D eigenvalue weighted by atomic mass is 10.1. The third kappa shape index (κ3) is 4.30. The Balaban J connectivity index is 4.13. The van der Waals surface area contributed by atoms with Crippen LogP contribution in [0.15, 0.2) is 0 Å². The number of carboxylic acids is 1. The molecule has 0 bridgehead atoms. The van der Waals surface area contributed by atoms with Gasteiger partial charge in [-0.15, -0.1) is 0 Å². The summed E-state index contributed by atoms with van der Waals surface area (Å²) in [5, 5.41) is 17.6. The highest BCUT2D eigenvalue weighted by Gasteiger charge is 2.32. The fourth-order valence-corrected chi connectivity index (χ4v) is 1.90. The monoisotopic (exact) mass is 221 g/mol. The minimum Gasteiger partial charge on any atom is -0.480 e. The first-order chi connectivity index (χ1) is 6.31. The summed E-state index contributed by atoms with van der Waals surface area (Å²) in [7, 11) is 0. The third-order valence-electron chi connectivity index (χ3n) is 2.07. The van der Waals surface area contributed by atoms with Crippen molar-refractivity contribution in [2.24, 2.45) is 11.7 Å². The minimum atomic E-state index is -0.987. The van der Waals surface area contributed by atoms with E-state index in [-0.39, 0.29) is 12.5 Å². The van der Waals surface area contributed by atoms with Gasteiger partial charge in [-0.2, -0.15) is 11.8 Å². The van der Waals surface area contributed by atoms with Crippen LogP contribution in [0.3, 0.4) is 0 Å². The van der Waals surface area contributed by atoms with Crippen LogP contribution in [-0.2, 0) is 4.79 Å². The zero-order valence-electron chi connectivity index (χ0n) is 8.86. The highest BCUT2D eigenvalue weighted by atomic mass is 32.2. The minimum absolute atomic E-state index is 0.116. The van der Waals surface area contributed by atoms with E-state index in [1.807, 2.05) is 6.92 Å². The first kappa shape index (κ1) is 13.7. The lowest BCUT2D eigenvalue weighted by Gasteiger charge is -2.28. The SMILES string of the molecule is CC(CO)CSC(C)(C)[C@H](N)C(=O)O. The van der Waals surface area contributed by atoms with Gasteiger partial charge in [0.05, 0.1) is 0 Å². The van der Waals surface area contributed by atoms with E-state index >= 15 is 0 Å². The van der Waals surface area contributed by atoms with Crippen LogP contribution in [0.25, 0.3) is 0 Å². The molecule has 14 heavy (non-hydrogen) atoms. The Morgan fingerprint density at radius 1 is 1.57 bits per heavy atom. The van der Waals surface area contributed by atoms with Gasteiger partial charge in [-0.1, -0.05) is 6.92 Å². The van der Waals surface area contributed by atoms with Crippen LogP contribution in [0, 0.1) is 5.92 Å². The molecule has 0 rings (SSSR count). The van der Waals surface area contributed by atoms with Crippen molar-refractivity contribution in [3.05, 3.63) is 0 Å². The second-order valence-electron chi connectivity index (χ2n) is 4.02. The first-order valence-corrected chi connectivity index (χ1v) is 5.53. The van der Waals surface area contributed by atoms with Crippen LogP contribution in [0.2, 0.25) is 0 Å². The number of hydrogen-bond acceptors (Lipinski definition) is 4. The standard InChI is InChI=1S/C9H19NO3S/c1-6(4-11)5-14-9(2,3)7(10)8(12)13/h6-7,11H,4-5,10H2,1-3H3,(H,12,13)/t6?,7-/m1/s1. The molecular formula is C9H19NO3S. The van der Waals surface area contributed by atoms with Crippen molar-refractivity contribution in [3.63, 3.8) is 0 Å². The van der Waals surface area contributed by atoms with Gasteiger partial charge in [-0.05, 0) is 25.5 Å². The number of carboxylic acid groups (broad SMARTS) is 1. The predicted octanol–water partition coefficient (Wildman–Crippen LogP) is 0.538. The zero-order valence-corrected chi connectivity index (χ0v) is 9.67. The van der Waals surface area contributed by atoms with Gasteiger partial charge >= 0.3 is 5.97 Å². The number of aliphatic hydroxyl groups excluding tert-OH is 1. The van der Waals surface area contributed by atoms with Crippen molar-refractivity contribution in [3.8, 4) is 0 Å². The summed E-state index contributed by atoms with van der Waals surface area (Å²) in [6.45, 7) is 5.64. The van der Waals surface area contributed by atoms with Gasteiger partial charge in [0.1, 0.15) is 6.04 Å². The molecule has 84 valence electrons. The number of thioether (sulfide) groups is 1. The quantitative estimate of drug-likeness (QED) is 0.609. The molecule has 0 heterocycles. The van der Waals surface area contributed by atoms with E-state index in [0.29, 0.717) is 5.75 Å². The number of aliphatic carboxylic acids is 1. The maximum absolute atomic E-state index is 10.7. The molecule has 0 saturated heterocycles. The van der Waals surface area contributed by atoms with Crippen molar-refractivity contribution >= 4 is 17.7 Å². The van der Waals surface area contributed by atoms with Gasteiger partial charge in [-0.25, -0.2) is 0 Å². The Morgan fingerprint density at radius 2 is 2.07 bits per heavy atom. The number of hydrogen-bond donors (Lipinski definition) is 3. The molecule has 0 aliphatic heterocycles. The highest BCUT2D eigenvalue weighted by Crippen LogP contribution is 2.29. The van der Waals surface area contributed by atoms with E-state index in [2.05, 4.69) is 0 Å². The van der Waals surface area contributed by atoms with E-state index in [4.69, 9.17) is 15.9 Å². The normalized spacial score (nSPS) is 16.4. The van der Waals surface area contributed by atoms with Crippen molar-refractivity contribution in [2.75, 3.05) is 12.4 Å². The Labute approximate surface area is 88.9 Å². The van der Waals surface area contributed by atoms with Gasteiger partial charge in [-0.3, -0.25) is 4.79 Å². The third-order valence-corrected chi connectivity index (χ3v) is 3.80. The summed E-state index contributed by atoms with van der Waals surface area (Å²) in [6, 6.07) is -0.876. The molecule has 0 spiro atoms. The molecule has 0 fully saturated rings. The van der Waals surface area contributed by atoms with Crippen molar-refractivity contribution in [1.82, 2.24) is 0 Å². The van der Waals surface area contributed by atoms with Crippen LogP contribution >= 0.6 is 11.8 Å². The van der Waals surface area contributed by atoms with E-state index < -0.39 is 16.8 Å². The van der Waals surface area contributed by atoms with E-state index in [9.17, 15) is 4.79 Å². The van der Waals surface area contributed by atoms with Crippen LogP contribution in [0.1, 0.15) is 20.8 Å². The molecule has 0 aromatic carbocycles. The molecule has 4 N–H and O–H groups in total. The zero-order chi connectivity index (χ0) is 11.4. The van der Waals surface area contributed by atoms with Gasteiger partial charge < -0.3 is 15.9 Å². The molecular weight excluding hydrogens is 202 g/mol. The Morgan fingerprint density at radius 3 is 2.43 bits per heavy atom. The van der Waals surface area contributed by atoms with Crippen molar-refractivity contribution in [2.45, 2.75) is 31.6 Å². The topological polar surface area (TPSA) is 83.5 Å². The second kappa shape index (κ2) is 5.58. The molecule has 0 aliphatic rings. The number of nitrogens with two attached hydrogens (primary N) is 1. The summed E-state index contributed by atoms with van der Waals surface area (Å²) in [5.74, 6) is -0.107. The lowest BCUT2D eigenvalue weighted by Crippen LogP contribution is -2.47. The van der Waals surface area contributed by atoms with Crippen LogP contribution in [0.5, 0.6) is 0 Å². The van der Waals surface area contributed by atoms with Crippen LogP contribution < -0.4 is 5.73 Å². The van der Waals surface area contributed by atoms with Gasteiger partial charge in [0.25, 0.3) is 0 Å². The number of rotatable bonds is 6. The Kier molecular flexibility index (Phi) is 5.48. The lowest BCUT2D eigenvalue weighted by molar-refractivity contribution is -0.139. The van der Waals surface area contributed by atoms with Gasteiger partial charge in [0, 0.05) is 11.4 Å². The smallest absolute Gasteiger partial charge is 0.321 e. The summed E-state index contributed by atoms with van der Waals surface area (Å²) in [5.41, 5.74) is 5.54. The fraction of sp³-hybridized carbons (Fsp3) is 0.889. The molecule has 4 nitrogen and oxygen atoms in total. The Hall–Kier alpha value is -0.260. The molecule has 0 amide bonds. The molecule has 2 atom stereocenters. The molecule has 0 radical (unpaired) electrons. The second-order valence-corrected chi connectivity index (χ2v) is 5.69. The first-order valence-electron chi connectivity index (χ1n) is 4.54. The molecule has 0 aromatic rings. The fourth-order valence-electron chi connectivity index (χ4n) is 0.797. The maximum Gasteiger partial charge on any atom is 0.321 e. The number of carbonyl (C=O) groups is 1. The van der Waals surface area contributed by atoms with Crippen molar-refractivity contribution in [1.29, 1.82) is 0 Å². The van der Waals surface area contributed by atoms with Crippen LogP contribution in [-0.4, -0.2) is 39.3 Å². The average molecular weight is 221 g/mol.